The van der Waals surface area contributed by atoms with Crippen molar-refractivity contribution < 1.29 is 14.3 Å². The molecule has 0 atom stereocenters. The van der Waals surface area contributed by atoms with Crippen LogP contribution in [0.1, 0.15) is 16.8 Å². The normalized spacial score (nSPS) is 9.95. The van der Waals surface area contributed by atoms with Crippen molar-refractivity contribution in [3.05, 3.63) is 60.2 Å². The molecule has 0 radical (unpaired) electrons. The minimum absolute atomic E-state index is 0.221. The highest BCUT2D eigenvalue weighted by molar-refractivity contribution is 6.06. The third kappa shape index (κ3) is 3.28. The predicted molar refractivity (Wildman–Crippen MR) is 72.8 cm³/mol. The molecule has 0 aliphatic carbocycles. The van der Waals surface area contributed by atoms with E-state index in [9.17, 15) is 9.59 Å². The average Bonchev–Trinajstić information content (AvgIpc) is 2.48. The minimum Gasteiger partial charge on any atom is -0.469 e. The number of Topliss-reactive ketones (excluding diaryl/α,β-unsaturated/α-hetero) is 1. The van der Waals surface area contributed by atoms with Crippen molar-refractivity contribution in [3.8, 4) is 11.1 Å². The SMILES string of the molecule is COC(=O)CC(=O)c1ccc(-c2ccccc2)cc1. The van der Waals surface area contributed by atoms with E-state index in [1.807, 2.05) is 42.5 Å². The zero-order valence-corrected chi connectivity index (χ0v) is 10.6. The van der Waals surface area contributed by atoms with Gasteiger partial charge in [-0.1, -0.05) is 54.6 Å². The topological polar surface area (TPSA) is 43.4 Å². The van der Waals surface area contributed by atoms with Crippen molar-refractivity contribution in [2.24, 2.45) is 0 Å². The second kappa shape index (κ2) is 5.96. The maximum Gasteiger partial charge on any atom is 0.313 e. The summed E-state index contributed by atoms with van der Waals surface area (Å²) in [6.07, 6.45) is -0.221. The zero-order chi connectivity index (χ0) is 13.7. The Morgan fingerprint density at radius 3 is 2.05 bits per heavy atom. The number of ketones is 1. The molecule has 0 aliphatic heterocycles. The van der Waals surface area contributed by atoms with Gasteiger partial charge in [0, 0.05) is 5.56 Å². The molecule has 96 valence electrons. The van der Waals surface area contributed by atoms with Gasteiger partial charge in [-0.2, -0.15) is 0 Å². The summed E-state index contributed by atoms with van der Waals surface area (Å²) in [7, 11) is 1.27. The molecule has 0 bridgehead atoms. The number of hydrogen-bond acceptors (Lipinski definition) is 3. The molecular weight excluding hydrogens is 240 g/mol. The summed E-state index contributed by atoms with van der Waals surface area (Å²) in [5, 5.41) is 0. The Balaban J connectivity index is 2.15. The van der Waals surface area contributed by atoms with Crippen molar-refractivity contribution >= 4 is 11.8 Å². The molecule has 19 heavy (non-hydrogen) atoms. The first-order valence-corrected chi connectivity index (χ1v) is 5.96. The van der Waals surface area contributed by atoms with Gasteiger partial charge in [0.05, 0.1) is 7.11 Å². The van der Waals surface area contributed by atoms with E-state index in [0.29, 0.717) is 5.56 Å². The van der Waals surface area contributed by atoms with Gasteiger partial charge in [0.15, 0.2) is 5.78 Å². The second-order valence-electron chi connectivity index (χ2n) is 4.12. The van der Waals surface area contributed by atoms with Crippen LogP contribution in [-0.4, -0.2) is 18.9 Å². The number of esters is 1. The Bertz CT molecular complexity index is 571. The molecule has 0 saturated heterocycles. The Morgan fingerprint density at radius 1 is 0.895 bits per heavy atom. The smallest absolute Gasteiger partial charge is 0.313 e. The lowest BCUT2D eigenvalue weighted by Gasteiger charge is -2.03. The molecule has 3 heteroatoms. The molecular formula is C16H14O3. The van der Waals surface area contributed by atoms with Crippen LogP contribution >= 0.6 is 0 Å². The van der Waals surface area contributed by atoms with Gasteiger partial charge in [0.1, 0.15) is 6.42 Å². The lowest BCUT2D eigenvalue weighted by Crippen LogP contribution is -2.09. The van der Waals surface area contributed by atoms with Crippen molar-refractivity contribution in [1.29, 1.82) is 0 Å². The fourth-order valence-corrected chi connectivity index (χ4v) is 1.78. The second-order valence-corrected chi connectivity index (χ2v) is 4.12. The van der Waals surface area contributed by atoms with Crippen LogP contribution in [-0.2, 0) is 9.53 Å². The van der Waals surface area contributed by atoms with Crippen LogP contribution in [0.4, 0.5) is 0 Å². The van der Waals surface area contributed by atoms with E-state index in [4.69, 9.17) is 0 Å². The summed E-state index contributed by atoms with van der Waals surface area (Å²) in [6, 6.07) is 17.1. The van der Waals surface area contributed by atoms with Crippen LogP contribution in [0.2, 0.25) is 0 Å². The largest absolute Gasteiger partial charge is 0.469 e. The summed E-state index contributed by atoms with van der Waals surface area (Å²) in [4.78, 5) is 22.8. The average molecular weight is 254 g/mol. The molecule has 0 spiro atoms. The van der Waals surface area contributed by atoms with Crippen LogP contribution in [0.15, 0.2) is 54.6 Å². The highest BCUT2D eigenvalue weighted by Crippen LogP contribution is 2.19. The molecule has 2 aromatic carbocycles. The van der Waals surface area contributed by atoms with Crippen molar-refractivity contribution in [2.75, 3.05) is 7.11 Å². The fourth-order valence-electron chi connectivity index (χ4n) is 1.78. The van der Waals surface area contributed by atoms with E-state index in [2.05, 4.69) is 4.74 Å². The molecule has 0 aliphatic rings. The molecule has 3 nitrogen and oxygen atoms in total. The molecule has 0 N–H and O–H groups in total. The molecule has 0 saturated carbocycles. The number of ether oxygens (including phenoxy) is 1. The maximum absolute atomic E-state index is 11.8. The molecule has 0 aromatic heterocycles. The maximum atomic E-state index is 11.8. The quantitative estimate of drug-likeness (QED) is 0.478. The van der Waals surface area contributed by atoms with Gasteiger partial charge in [-0.15, -0.1) is 0 Å². The first-order valence-electron chi connectivity index (χ1n) is 5.96. The summed E-state index contributed by atoms with van der Waals surface area (Å²) < 4.78 is 4.48. The lowest BCUT2D eigenvalue weighted by molar-refractivity contribution is -0.139. The van der Waals surface area contributed by atoms with Gasteiger partial charge >= 0.3 is 5.97 Å². The zero-order valence-electron chi connectivity index (χ0n) is 10.6. The number of rotatable bonds is 4. The van der Waals surface area contributed by atoms with Gasteiger partial charge in [0.25, 0.3) is 0 Å². The first kappa shape index (κ1) is 13.0. The Morgan fingerprint density at radius 2 is 1.47 bits per heavy atom. The number of benzene rings is 2. The molecule has 2 aromatic rings. The van der Waals surface area contributed by atoms with E-state index < -0.39 is 5.97 Å². The van der Waals surface area contributed by atoms with Gasteiger partial charge in [-0.05, 0) is 11.1 Å². The van der Waals surface area contributed by atoms with Crippen molar-refractivity contribution in [3.63, 3.8) is 0 Å². The highest BCUT2D eigenvalue weighted by atomic mass is 16.5. The number of hydrogen-bond donors (Lipinski definition) is 0. The van der Waals surface area contributed by atoms with Crippen molar-refractivity contribution in [2.45, 2.75) is 6.42 Å². The monoisotopic (exact) mass is 254 g/mol. The van der Waals surface area contributed by atoms with Crippen LogP contribution in [0.3, 0.4) is 0 Å². The number of carbonyl (C=O) groups is 2. The number of carbonyl (C=O) groups excluding carboxylic acids is 2. The van der Waals surface area contributed by atoms with E-state index in [0.717, 1.165) is 11.1 Å². The van der Waals surface area contributed by atoms with E-state index in [1.165, 1.54) is 7.11 Å². The summed E-state index contributed by atoms with van der Waals surface area (Å²) in [5.41, 5.74) is 2.65. The number of methoxy groups -OCH3 is 1. The fraction of sp³-hybridized carbons (Fsp3) is 0.125. The van der Waals surface area contributed by atoms with Gasteiger partial charge in [-0.25, -0.2) is 0 Å². The summed E-state index contributed by atoms with van der Waals surface area (Å²) in [5.74, 6) is -0.747. The Hall–Kier alpha value is -2.42. The van der Waals surface area contributed by atoms with Gasteiger partial charge < -0.3 is 4.74 Å². The Kier molecular flexibility index (Phi) is 4.08. The van der Waals surface area contributed by atoms with Crippen LogP contribution < -0.4 is 0 Å². The predicted octanol–water partition coefficient (Wildman–Crippen LogP) is 3.10. The van der Waals surface area contributed by atoms with Crippen LogP contribution in [0.5, 0.6) is 0 Å². The first-order chi connectivity index (χ1) is 9.20. The van der Waals surface area contributed by atoms with E-state index in [1.54, 1.807) is 12.1 Å². The van der Waals surface area contributed by atoms with Crippen LogP contribution in [0, 0.1) is 0 Å². The molecule has 0 amide bonds. The van der Waals surface area contributed by atoms with Crippen molar-refractivity contribution in [1.82, 2.24) is 0 Å². The molecule has 0 heterocycles. The summed E-state index contributed by atoms with van der Waals surface area (Å²) >= 11 is 0. The lowest BCUT2D eigenvalue weighted by atomic mass is 10.0. The summed E-state index contributed by atoms with van der Waals surface area (Å²) in [6.45, 7) is 0. The van der Waals surface area contributed by atoms with Gasteiger partial charge in [-0.3, -0.25) is 9.59 Å². The van der Waals surface area contributed by atoms with E-state index in [-0.39, 0.29) is 12.2 Å². The van der Waals surface area contributed by atoms with Crippen LogP contribution in [0.25, 0.3) is 11.1 Å². The standard InChI is InChI=1S/C16H14O3/c1-19-16(18)11-15(17)14-9-7-13(8-10-14)12-5-3-2-4-6-12/h2-10H,11H2,1H3. The van der Waals surface area contributed by atoms with Gasteiger partial charge in [0.2, 0.25) is 0 Å². The Labute approximate surface area is 111 Å². The molecule has 0 fully saturated rings. The van der Waals surface area contributed by atoms with E-state index >= 15 is 0 Å². The molecule has 2 rings (SSSR count). The third-order valence-electron chi connectivity index (χ3n) is 2.85. The molecule has 0 unspecified atom stereocenters. The highest BCUT2D eigenvalue weighted by Gasteiger charge is 2.11. The minimum atomic E-state index is -0.517. The third-order valence-corrected chi connectivity index (χ3v) is 2.85.